The summed E-state index contributed by atoms with van der Waals surface area (Å²) in [5.41, 5.74) is 2.75. The molecule has 1 saturated carbocycles. The molecule has 2 aromatic rings. The van der Waals surface area contributed by atoms with Crippen molar-refractivity contribution in [2.24, 2.45) is 13.0 Å². The van der Waals surface area contributed by atoms with Gasteiger partial charge in [-0.15, -0.1) is 0 Å². The SMILES string of the molecule is Cn1cnc2c1C(COCC1CC1)CN(C(=O)c1ccoc1)C2.O=C(O)C(F)(F)F. The molecular weight excluding hydrogens is 407 g/mol. The molecule has 0 radical (unpaired) electrons. The number of hydrogen-bond acceptors (Lipinski definition) is 5. The maximum atomic E-state index is 12.6. The average Bonchev–Trinajstić information content (AvgIpc) is 3.19. The highest BCUT2D eigenvalue weighted by Gasteiger charge is 2.38. The molecule has 30 heavy (non-hydrogen) atoms. The van der Waals surface area contributed by atoms with Crippen molar-refractivity contribution in [2.75, 3.05) is 19.8 Å². The van der Waals surface area contributed by atoms with Gasteiger partial charge in [-0.25, -0.2) is 9.78 Å². The molecule has 11 heteroatoms. The number of fused-ring (bicyclic) bond motifs is 1. The van der Waals surface area contributed by atoms with Crippen molar-refractivity contribution in [2.45, 2.75) is 31.5 Å². The molecule has 1 unspecified atom stereocenters. The van der Waals surface area contributed by atoms with E-state index in [0.717, 1.165) is 18.2 Å². The predicted octanol–water partition coefficient (Wildman–Crippen LogP) is 2.81. The van der Waals surface area contributed by atoms with Crippen LogP contribution in [-0.4, -0.2) is 57.4 Å². The molecule has 1 amide bonds. The highest BCUT2D eigenvalue weighted by molar-refractivity contribution is 5.94. The number of carbonyl (C=O) groups is 2. The van der Waals surface area contributed by atoms with Crippen molar-refractivity contribution >= 4 is 11.9 Å². The van der Waals surface area contributed by atoms with Gasteiger partial charge in [0.05, 0.1) is 37.0 Å². The highest BCUT2D eigenvalue weighted by Crippen LogP contribution is 2.31. The Kier molecular flexibility index (Phi) is 6.49. The Morgan fingerprint density at radius 2 is 2.03 bits per heavy atom. The molecular formula is C19H22F3N3O5. The lowest BCUT2D eigenvalue weighted by atomic mass is 9.98. The largest absolute Gasteiger partial charge is 0.490 e. The van der Waals surface area contributed by atoms with Crippen LogP contribution in [0.5, 0.6) is 0 Å². The van der Waals surface area contributed by atoms with Gasteiger partial charge in [-0.3, -0.25) is 4.79 Å². The number of carbonyl (C=O) groups excluding carboxylic acids is 1. The van der Waals surface area contributed by atoms with E-state index in [9.17, 15) is 18.0 Å². The van der Waals surface area contributed by atoms with Gasteiger partial charge >= 0.3 is 12.1 Å². The number of hydrogen-bond donors (Lipinski definition) is 1. The number of halogens is 3. The van der Waals surface area contributed by atoms with E-state index in [1.165, 1.54) is 31.1 Å². The molecule has 2 aromatic heterocycles. The van der Waals surface area contributed by atoms with Gasteiger partial charge in [-0.1, -0.05) is 0 Å². The number of furan rings is 1. The Labute approximate surface area is 170 Å². The van der Waals surface area contributed by atoms with Gasteiger partial charge < -0.3 is 23.7 Å². The fourth-order valence-corrected chi connectivity index (χ4v) is 3.25. The molecule has 8 nitrogen and oxygen atoms in total. The summed E-state index contributed by atoms with van der Waals surface area (Å²) in [7, 11) is 2.01. The van der Waals surface area contributed by atoms with Crippen LogP contribution >= 0.6 is 0 Å². The number of aromatic nitrogens is 2. The van der Waals surface area contributed by atoms with Crippen LogP contribution in [0, 0.1) is 5.92 Å². The summed E-state index contributed by atoms with van der Waals surface area (Å²) in [6, 6.07) is 1.70. The second kappa shape index (κ2) is 8.90. The minimum Gasteiger partial charge on any atom is -0.475 e. The van der Waals surface area contributed by atoms with Crippen molar-refractivity contribution < 1.29 is 37.0 Å². The first-order valence-corrected chi connectivity index (χ1v) is 9.36. The zero-order valence-corrected chi connectivity index (χ0v) is 16.3. The van der Waals surface area contributed by atoms with Gasteiger partial charge in [0.1, 0.15) is 6.26 Å². The van der Waals surface area contributed by atoms with Crippen LogP contribution in [0.4, 0.5) is 13.2 Å². The van der Waals surface area contributed by atoms with Crippen LogP contribution in [0.25, 0.3) is 0 Å². The first-order valence-electron chi connectivity index (χ1n) is 9.36. The molecule has 0 spiro atoms. The highest BCUT2D eigenvalue weighted by atomic mass is 19.4. The number of carboxylic acid groups (broad SMARTS) is 1. The molecule has 1 aliphatic heterocycles. The molecule has 1 atom stereocenters. The van der Waals surface area contributed by atoms with E-state index in [-0.39, 0.29) is 11.8 Å². The van der Waals surface area contributed by atoms with Crippen molar-refractivity contribution in [3.05, 3.63) is 41.9 Å². The van der Waals surface area contributed by atoms with Gasteiger partial charge in [0.15, 0.2) is 0 Å². The molecule has 164 valence electrons. The number of carboxylic acids is 1. The van der Waals surface area contributed by atoms with E-state index in [2.05, 4.69) is 9.55 Å². The Morgan fingerprint density at radius 1 is 1.33 bits per heavy atom. The van der Waals surface area contributed by atoms with Crippen molar-refractivity contribution in [1.82, 2.24) is 14.5 Å². The lowest BCUT2D eigenvalue weighted by Crippen LogP contribution is -2.40. The summed E-state index contributed by atoms with van der Waals surface area (Å²) < 4.78 is 44.7. The Morgan fingerprint density at radius 3 is 2.60 bits per heavy atom. The second-order valence-corrected chi connectivity index (χ2v) is 7.37. The number of amides is 1. The number of alkyl halides is 3. The summed E-state index contributed by atoms with van der Waals surface area (Å²) in [5.74, 6) is -1.86. The Balaban J connectivity index is 0.000000318. The number of nitrogens with zero attached hydrogens (tertiary/aromatic N) is 3. The van der Waals surface area contributed by atoms with E-state index in [0.29, 0.717) is 25.3 Å². The Bertz CT molecular complexity index is 875. The van der Waals surface area contributed by atoms with E-state index in [1.807, 2.05) is 18.3 Å². The minimum absolute atomic E-state index is 0.0118. The van der Waals surface area contributed by atoms with Crippen molar-refractivity contribution in [3.8, 4) is 0 Å². The third-order valence-electron chi connectivity index (χ3n) is 4.90. The zero-order chi connectivity index (χ0) is 21.9. The number of ether oxygens (including phenoxy) is 1. The standard InChI is InChI=1S/C17H21N3O3.C2HF3O2/c1-19-11-18-15-7-20(17(21)13-4-5-22-9-13)6-14(16(15)19)10-23-8-12-2-3-12;3-2(4,5)1(6)7/h4-5,9,11-12,14H,2-3,6-8,10H2,1H3;(H,6,7). The van der Waals surface area contributed by atoms with E-state index >= 15 is 0 Å². The van der Waals surface area contributed by atoms with Crippen LogP contribution in [-0.2, 0) is 23.1 Å². The van der Waals surface area contributed by atoms with Crippen LogP contribution in [0.3, 0.4) is 0 Å². The van der Waals surface area contributed by atoms with E-state index in [4.69, 9.17) is 19.1 Å². The fourth-order valence-electron chi connectivity index (χ4n) is 3.25. The topological polar surface area (TPSA) is 97.8 Å². The molecule has 0 saturated heterocycles. The number of aliphatic carboxylic acids is 1. The zero-order valence-electron chi connectivity index (χ0n) is 16.3. The van der Waals surface area contributed by atoms with Gasteiger partial charge in [-0.05, 0) is 24.8 Å². The van der Waals surface area contributed by atoms with Gasteiger partial charge in [0, 0.05) is 31.8 Å². The molecule has 1 aliphatic carbocycles. The Hall–Kier alpha value is -2.82. The smallest absolute Gasteiger partial charge is 0.475 e. The molecule has 3 heterocycles. The first-order chi connectivity index (χ1) is 14.2. The lowest BCUT2D eigenvalue weighted by Gasteiger charge is -2.32. The fraction of sp³-hybridized carbons (Fsp3) is 0.526. The molecule has 0 bridgehead atoms. The van der Waals surface area contributed by atoms with Crippen LogP contribution in [0.15, 0.2) is 29.3 Å². The molecule has 1 fully saturated rings. The van der Waals surface area contributed by atoms with Gasteiger partial charge in [0.2, 0.25) is 0 Å². The predicted molar refractivity (Wildman–Crippen MR) is 96.6 cm³/mol. The minimum atomic E-state index is -5.08. The normalized spacial score (nSPS) is 18.4. The number of aryl methyl sites for hydroxylation is 1. The summed E-state index contributed by atoms with van der Waals surface area (Å²) >= 11 is 0. The van der Waals surface area contributed by atoms with Crippen LogP contribution in [0.1, 0.15) is 40.5 Å². The van der Waals surface area contributed by atoms with Crippen LogP contribution in [0.2, 0.25) is 0 Å². The lowest BCUT2D eigenvalue weighted by molar-refractivity contribution is -0.192. The number of imidazole rings is 1. The summed E-state index contributed by atoms with van der Waals surface area (Å²) in [6.45, 7) is 2.66. The monoisotopic (exact) mass is 429 g/mol. The first kappa shape index (κ1) is 21.9. The summed E-state index contributed by atoms with van der Waals surface area (Å²) in [4.78, 5) is 27.8. The maximum Gasteiger partial charge on any atom is 0.490 e. The van der Waals surface area contributed by atoms with Crippen molar-refractivity contribution in [1.29, 1.82) is 0 Å². The molecule has 2 aliphatic rings. The average molecular weight is 429 g/mol. The third-order valence-corrected chi connectivity index (χ3v) is 4.90. The van der Waals surface area contributed by atoms with E-state index < -0.39 is 12.1 Å². The maximum absolute atomic E-state index is 12.6. The molecule has 4 rings (SSSR count). The quantitative estimate of drug-likeness (QED) is 0.785. The summed E-state index contributed by atoms with van der Waals surface area (Å²) in [6.07, 6.45) is 2.33. The van der Waals surface area contributed by atoms with E-state index in [1.54, 1.807) is 6.07 Å². The van der Waals surface area contributed by atoms with Crippen LogP contribution < -0.4 is 0 Å². The number of rotatable bonds is 5. The molecule has 0 aromatic carbocycles. The third kappa shape index (κ3) is 5.41. The molecule has 1 N–H and O–H groups in total. The van der Waals surface area contributed by atoms with Crippen molar-refractivity contribution in [3.63, 3.8) is 0 Å². The van der Waals surface area contributed by atoms with Gasteiger partial charge in [0.25, 0.3) is 5.91 Å². The second-order valence-electron chi connectivity index (χ2n) is 7.37. The van der Waals surface area contributed by atoms with Gasteiger partial charge in [-0.2, -0.15) is 13.2 Å². The summed E-state index contributed by atoms with van der Waals surface area (Å²) in [5, 5.41) is 7.12.